The molecule has 112 valence electrons. The SMILES string of the molecule is CCCNCc1cnc(Oc2ccc(C)c(F)c2)c(Cl)c1. The average Bonchev–Trinajstić information content (AvgIpc) is 2.46. The lowest BCUT2D eigenvalue weighted by Gasteiger charge is -2.09. The van der Waals surface area contributed by atoms with E-state index < -0.39 is 0 Å². The summed E-state index contributed by atoms with van der Waals surface area (Å²) in [6.45, 7) is 5.46. The number of hydrogen-bond acceptors (Lipinski definition) is 3. The molecule has 3 nitrogen and oxygen atoms in total. The van der Waals surface area contributed by atoms with Crippen LogP contribution in [0.15, 0.2) is 30.5 Å². The zero-order chi connectivity index (χ0) is 15.2. The zero-order valence-corrected chi connectivity index (χ0v) is 12.9. The third-order valence-corrected chi connectivity index (χ3v) is 3.25. The molecule has 0 saturated carbocycles. The van der Waals surface area contributed by atoms with Gasteiger partial charge < -0.3 is 10.1 Å². The summed E-state index contributed by atoms with van der Waals surface area (Å²) >= 11 is 6.15. The van der Waals surface area contributed by atoms with Gasteiger partial charge in [-0.05, 0) is 43.1 Å². The van der Waals surface area contributed by atoms with Gasteiger partial charge in [0, 0.05) is 18.8 Å². The van der Waals surface area contributed by atoms with Crippen molar-refractivity contribution in [3.63, 3.8) is 0 Å². The topological polar surface area (TPSA) is 34.2 Å². The van der Waals surface area contributed by atoms with Gasteiger partial charge in [0.25, 0.3) is 0 Å². The highest BCUT2D eigenvalue weighted by atomic mass is 35.5. The van der Waals surface area contributed by atoms with E-state index in [1.165, 1.54) is 6.07 Å². The first-order chi connectivity index (χ1) is 10.1. The fraction of sp³-hybridized carbons (Fsp3) is 0.312. The zero-order valence-electron chi connectivity index (χ0n) is 12.1. The molecule has 21 heavy (non-hydrogen) atoms. The summed E-state index contributed by atoms with van der Waals surface area (Å²) < 4.78 is 19.0. The van der Waals surface area contributed by atoms with Crippen LogP contribution in [0.25, 0.3) is 0 Å². The number of aryl methyl sites for hydroxylation is 1. The first-order valence-electron chi connectivity index (χ1n) is 6.89. The van der Waals surface area contributed by atoms with E-state index in [-0.39, 0.29) is 11.7 Å². The predicted molar refractivity (Wildman–Crippen MR) is 82.5 cm³/mol. The summed E-state index contributed by atoms with van der Waals surface area (Å²) in [5, 5.41) is 3.68. The molecule has 0 atom stereocenters. The van der Waals surface area contributed by atoms with E-state index in [1.807, 2.05) is 0 Å². The molecule has 2 rings (SSSR count). The van der Waals surface area contributed by atoms with E-state index in [4.69, 9.17) is 16.3 Å². The van der Waals surface area contributed by atoms with Gasteiger partial charge >= 0.3 is 0 Å². The predicted octanol–water partition coefficient (Wildman–Crippen LogP) is 4.47. The van der Waals surface area contributed by atoms with Gasteiger partial charge in [0.05, 0.1) is 0 Å². The first-order valence-corrected chi connectivity index (χ1v) is 7.27. The number of nitrogens with one attached hydrogen (secondary N) is 1. The molecule has 0 unspecified atom stereocenters. The molecule has 0 aliphatic heterocycles. The van der Waals surface area contributed by atoms with E-state index >= 15 is 0 Å². The van der Waals surface area contributed by atoms with Crippen molar-refractivity contribution >= 4 is 11.6 Å². The van der Waals surface area contributed by atoms with Crippen LogP contribution in [-0.4, -0.2) is 11.5 Å². The van der Waals surface area contributed by atoms with Crippen molar-refractivity contribution < 1.29 is 9.13 Å². The van der Waals surface area contributed by atoms with Crippen LogP contribution in [0.5, 0.6) is 11.6 Å². The summed E-state index contributed by atoms with van der Waals surface area (Å²) in [6, 6.07) is 6.47. The van der Waals surface area contributed by atoms with Crippen molar-refractivity contribution in [3.05, 3.63) is 52.4 Å². The molecule has 5 heteroatoms. The Hall–Kier alpha value is -1.65. The minimum absolute atomic E-state index is 0.277. The molecule has 0 spiro atoms. The number of aromatic nitrogens is 1. The minimum atomic E-state index is -0.316. The Labute approximate surface area is 129 Å². The van der Waals surface area contributed by atoms with Gasteiger partial charge in [-0.15, -0.1) is 0 Å². The summed E-state index contributed by atoms with van der Waals surface area (Å²) in [7, 11) is 0. The molecule has 0 saturated heterocycles. The van der Waals surface area contributed by atoms with Crippen LogP contribution in [0.3, 0.4) is 0 Å². The highest BCUT2D eigenvalue weighted by Crippen LogP contribution is 2.28. The van der Waals surface area contributed by atoms with E-state index in [1.54, 1.807) is 31.3 Å². The van der Waals surface area contributed by atoms with Gasteiger partial charge in [0.15, 0.2) is 0 Å². The second kappa shape index (κ2) is 7.38. The highest BCUT2D eigenvalue weighted by Gasteiger charge is 2.08. The van der Waals surface area contributed by atoms with Gasteiger partial charge in [0.2, 0.25) is 5.88 Å². The molecule has 0 bridgehead atoms. The minimum Gasteiger partial charge on any atom is -0.437 e. The van der Waals surface area contributed by atoms with Crippen molar-refractivity contribution in [2.24, 2.45) is 0 Å². The van der Waals surface area contributed by atoms with Gasteiger partial charge in [0.1, 0.15) is 16.6 Å². The smallest absolute Gasteiger partial charge is 0.238 e. The molecule has 2 aromatic rings. The normalized spacial score (nSPS) is 10.7. The molecule has 0 aliphatic carbocycles. The Kier molecular flexibility index (Phi) is 5.53. The average molecular weight is 309 g/mol. The van der Waals surface area contributed by atoms with Crippen LogP contribution in [0.1, 0.15) is 24.5 Å². The number of hydrogen-bond donors (Lipinski definition) is 1. The molecule has 0 aliphatic rings. The fourth-order valence-electron chi connectivity index (χ4n) is 1.79. The Bertz CT molecular complexity index is 619. The molecule has 0 fully saturated rings. The van der Waals surface area contributed by atoms with Gasteiger partial charge in [-0.3, -0.25) is 0 Å². The van der Waals surface area contributed by atoms with Gasteiger partial charge in [-0.25, -0.2) is 9.37 Å². The van der Waals surface area contributed by atoms with Crippen molar-refractivity contribution in [1.29, 1.82) is 0 Å². The Morgan fingerprint density at radius 1 is 1.33 bits per heavy atom. The molecule has 1 N–H and O–H groups in total. The number of nitrogens with zero attached hydrogens (tertiary/aromatic N) is 1. The third kappa shape index (κ3) is 4.41. The maximum Gasteiger partial charge on any atom is 0.238 e. The number of pyridine rings is 1. The van der Waals surface area contributed by atoms with E-state index in [2.05, 4.69) is 17.2 Å². The molecule has 1 aromatic heterocycles. The largest absolute Gasteiger partial charge is 0.437 e. The molecule has 0 radical (unpaired) electrons. The monoisotopic (exact) mass is 308 g/mol. The van der Waals surface area contributed by atoms with Crippen molar-refractivity contribution in [2.45, 2.75) is 26.8 Å². The lowest BCUT2D eigenvalue weighted by atomic mass is 10.2. The third-order valence-electron chi connectivity index (χ3n) is 2.98. The summed E-state index contributed by atoms with van der Waals surface area (Å²) in [4.78, 5) is 4.19. The summed E-state index contributed by atoms with van der Waals surface area (Å²) in [5.41, 5.74) is 1.55. The maximum absolute atomic E-state index is 13.5. The van der Waals surface area contributed by atoms with Crippen LogP contribution < -0.4 is 10.1 Å². The van der Waals surface area contributed by atoms with Crippen molar-refractivity contribution in [1.82, 2.24) is 10.3 Å². The van der Waals surface area contributed by atoms with Gasteiger partial charge in [-0.2, -0.15) is 0 Å². The lowest BCUT2D eigenvalue weighted by molar-refractivity contribution is 0.457. The Morgan fingerprint density at radius 3 is 2.81 bits per heavy atom. The molecule has 0 amide bonds. The standard InChI is InChI=1S/C16H18ClFN2O/c1-3-6-19-9-12-7-14(17)16(20-10-12)21-13-5-4-11(2)15(18)8-13/h4-5,7-8,10,19H,3,6,9H2,1-2H3. The van der Waals surface area contributed by atoms with Crippen molar-refractivity contribution in [2.75, 3.05) is 6.54 Å². The van der Waals surface area contributed by atoms with Crippen LogP contribution in [0.2, 0.25) is 5.02 Å². The highest BCUT2D eigenvalue weighted by molar-refractivity contribution is 6.31. The number of halogens is 2. The quantitative estimate of drug-likeness (QED) is 0.799. The van der Waals surface area contributed by atoms with E-state index in [0.717, 1.165) is 18.5 Å². The summed E-state index contributed by atoms with van der Waals surface area (Å²) in [6.07, 6.45) is 2.77. The van der Waals surface area contributed by atoms with Gasteiger partial charge in [-0.1, -0.05) is 24.6 Å². The van der Waals surface area contributed by atoms with Crippen LogP contribution in [-0.2, 0) is 6.54 Å². The molecule has 1 aromatic carbocycles. The fourth-order valence-corrected chi connectivity index (χ4v) is 2.02. The van der Waals surface area contributed by atoms with Crippen molar-refractivity contribution in [3.8, 4) is 11.6 Å². The molecule has 1 heterocycles. The molecular weight excluding hydrogens is 291 g/mol. The maximum atomic E-state index is 13.5. The number of benzene rings is 1. The van der Waals surface area contributed by atoms with E-state index in [9.17, 15) is 4.39 Å². The number of rotatable bonds is 6. The molecular formula is C16H18ClFN2O. The van der Waals surface area contributed by atoms with Crippen LogP contribution >= 0.6 is 11.6 Å². The summed E-state index contributed by atoms with van der Waals surface area (Å²) in [5.74, 6) is 0.340. The Balaban J connectivity index is 2.08. The number of ether oxygens (including phenoxy) is 1. The lowest BCUT2D eigenvalue weighted by Crippen LogP contribution is -2.13. The Morgan fingerprint density at radius 2 is 2.14 bits per heavy atom. The van der Waals surface area contributed by atoms with E-state index in [0.29, 0.717) is 22.9 Å². The van der Waals surface area contributed by atoms with Crippen LogP contribution in [0, 0.1) is 12.7 Å². The second-order valence-electron chi connectivity index (χ2n) is 4.82. The van der Waals surface area contributed by atoms with Crippen LogP contribution in [0.4, 0.5) is 4.39 Å². The first kappa shape index (κ1) is 15.7. The second-order valence-corrected chi connectivity index (χ2v) is 5.23.